The Hall–Kier alpha value is -4.39. The van der Waals surface area contributed by atoms with E-state index < -0.39 is 29.2 Å². The number of carbonyl (C=O) groups is 2. The lowest BCUT2D eigenvalue weighted by atomic mass is 9.77. The third-order valence-corrected chi connectivity index (χ3v) is 7.73. The Kier molecular flexibility index (Phi) is 11.0. The Morgan fingerprint density at radius 2 is 1.34 bits per heavy atom. The third kappa shape index (κ3) is 7.76. The van der Waals surface area contributed by atoms with Gasteiger partial charge in [0.2, 0.25) is 6.33 Å². The summed E-state index contributed by atoms with van der Waals surface area (Å²) in [6, 6.07) is 30.5. The summed E-state index contributed by atoms with van der Waals surface area (Å²) in [5.74, 6) is -0.526. The van der Waals surface area contributed by atoms with Gasteiger partial charge in [0.15, 0.2) is 5.54 Å². The van der Waals surface area contributed by atoms with Gasteiger partial charge in [-0.2, -0.15) is 0 Å². The number of hydrogen-bond acceptors (Lipinski definition) is 4. The van der Waals surface area contributed by atoms with E-state index in [1.165, 1.54) is 7.11 Å². The van der Waals surface area contributed by atoms with E-state index in [2.05, 4.69) is 107 Å². The Balaban J connectivity index is 1.89. The van der Waals surface area contributed by atoms with Gasteiger partial charge in [0.1, 0.15) is 23.5 Å². The fourth-order valence-electron chi connectivity index (χ4n) is 5.74. The Labute approximate surface area is 261 Å². The number of benzene rings is 3. The molecule has 0 saturated heterocycles. The molecule has 0 fully saturated rings. The van der Waals surface area contributed by atoms with Crippen molar-refractivity contribution in [1.29, 1.82) is 0 Å². The Morgan fingerprint density at radius 3 is 1.80 bits per heavy atom. The third-order valence-electron chi connectivity index (χ3n) is 7.73. The number of alkyl carbamates (subject to hydrolysis) is 1. The predicted molar refractivity (Wildman–Crippen MR) is 172 cm³/mol. The molecule has 0 radical (unpaired) electrons. The zero-order valence-corrected chi connectivity index (χ0v) is 26.7. The van der Waals surface area contributed by atoms with E-state index in [1.54, 1.807) is 20.8 Å². The van der Waals surface area contributed by atoms with Gasteiger partial charge in [0, 0.05) is 23.1 Å². The van der Waals surface area contributed by atoms with Gasteiger partial charge >= 0.3 is 12.1 Å². The highest BCUT2D eigenvalue weighted by Crippen LogP contribution is 2.36. The van der Waals surface area contributed by atoms with Crippen molar-refractivity contribution >= 4 is 12.1 Å². The fraction of sp³-hybridized carbons (Fsp3) is 0.378. The summed E-state index contributed by atoms with van der Waals surface area (Å²) in [7, 11) is 1.33. The molecule has 1 atom stereocenters. The molecule has 1 amide bonds. The minimum Gasteiger partial charge on any atom is -0.467 e. The smallest absolute Gasteiger partial charge is 0.408 e. The molecule has 44 heavy (non-hydrogen) atoms. The molecule has 4 rings (SSSR count). The summed E-state index contributed by atoms with van der Waals surface area (Å²) >= 11 is 0. The van der Waals surface area contributed by atoms with Gasteiger partial charge < -0.3 is 14.8 Å². The van der Waals surface area contributed by atoms with Gasteiger partial charge in [-0.3, -0.25) is 0 Å². The fourth-order valence-corrected chi connectivity index (χ4v) is 5.74. The molecule has 0 unspecified atom stereocenters. The second-order valence-electron chi connectivity index (χ2n) is 12.1. The number of carbonyl (C=O) groups excluding carboxylic acids is 2. The van der Waals surface area contributed by atoms with E-state index in [0.29, 0.717) is 0 Å². The lowest BCUT2D eigenvalue weighted by Crippen LogP contribution is -2.57. The van der Waals surface area contributed by atoms with Gasteiger partial charge in [0.25, 0.3) is 0 Å². The first-order chi connectivity index (χ1) is 21.2. The first-order valence-electron chi connectivity index (χ1n) is 15.5. The van der Waals surface area contributed by atoms with Gasteiger partial charge in [-0.25, -0.2) is 18.7 Å². The lowest BCUT2D eigenvalue weighted by Gasteiger charge is -2.32. The molecule has 1 heterocycles. The number of hydrogen-bond donors (Lipinski definition) is 1. The minimum atomic E-state index is -0.924. The highest BCUT2D eigenvalue weighted by molar-refractivity contribution is 5.81. The molecule has 0 bridgehead atoms. The van der Waals surface area contributed by atoms with E-state index in [-0.39, 0.29) is 6.42 Å². The van der Waals surface area contributed by atoms with Crippen LogP contribution in [0.15, 0.2) is 104 Å². The highest BCUT2D eigenvalue weighted by atomic mass is 16.6. The van der Waals surface area contributed by atoms with E-state index in [0.717, 1.165) is 54.6 Å². The normalized spacial score (nSPS) is 12.4. The molecule has 1 aromatic heterocycles. The molecule has 0 aliphatic rings. The van der Waals surface area contributed by atoms with Crippen molar-refractivity contribution in [2.45, 2.75) is 83.5 Å². The summed E-state index contributed by atoms with van der Waals surface area (Å²) in [5, 5.41) is 2.76. The first kappa shape index (κ1) is 32.5. The number of nitrogens with one attached hydrogen (secondary N) is 1. The SMILES string of the molecule is CCCCCCn1c[n+](C(c2ccccc2)(c2ccccc2)c2ccccc2)cc1C[C@H](NC(=O)OC(C)(C)C)C(=O)OC. The number of aryl methyl sites for hydroxylation is 1. The summed E-state index contributed by atoms with van der Waals surface area (Å²) < 4.78 is 15.1. The molecule has 0 spiro atoms. The monoisotopic (exact) mass is 596 g/mol. The second kappa shape index (κ2) is 14.9. The number of imidazole rings is 1. The van der Waals surface area contributed by atoms with Crippen LogP contribution in [0.25, 0.3) is 0 Å². The van der Waals surface area contributed by atoms with Crippen LogP contribution in [0.5, 0.6) is 0 Å². The predicted octanol–water partition coefficient (Wildman–Crippen LogP) is 6.80. The molecular formula is C37H46N3O4+. The topological polar surface area (TPSA) is 73.4 Å². The van der Waals surface area contributed by atoms with E-state index in [1.807, 2.05) is 18.2 Å². The van der Waals surface area contributed by atoms with Gasteiger partial charge in [-0.1, -0.05) is 111 Å². The average Bonchev–Trinajstić information content (AvgIpc) is 3.42. The first-order valence-corrected chi connectivity index (χ1v) is 15.5. The molecule has 4 aromatic rings. The van der Waals surface area contributed by atoms with Crippen molar-refractivity contribution in [3.63, 3.8) is 0 Å². The number of unbranched alkanes of at least 4 members (excludes halogenated alkanes) is 3. The summed E-state index contributed by atoms with van der Waals surface area (Å²) in [6.07, 6.45) is 8.23. The van der Waals surface area contributed by atoms with Crippen molar-refractivity contribution in [3.05, 3.63) is 126 Å². The van der Waals surface area contributed by atoms with Gasteiger partial charge in [-0.15, -0.1) is 0 Å². The molecule has 7 heteroatoms. The van der Waals surface area contributed by atoms with Crippen LogP contribution in [-0.2, 0) is 32.8 Å². The van der Waals surface area contributed by atoms with Crippen molar-refractivity contribution in [2.24, 2.45) is 0 Å². The van der Waals surface area contributed by atoms with Crippen LogP contribution in [0.3, 0.4) is 0 Å². The van der Waals surface area contributed by atoms with Crippen molar-refractivity contribution in [1.82, 2.24) is 9.88 Å². The number of ether oxygens (including phenoxy) is 2. The highest BCUT2D eigenvalue weighted by Gasteiger charge is 2.44. The van der Waals surface area contributed by atoms with Crippen LogP contribution in [0.4, 0.5) is 4.79 Å². The van der Waals surface area contributed by atoms with Gasteiger partial charge in [-0.05, 0) is 33.6 Å². The van der Waals surface area contributed by atoms with E-state index in [9.17, 15) is 9.59 Å². The van der Waals surface area contributed by atoms with E-state index in [4.69, 9.17) is 9.47 Å². The zero-order valence-electron chi connectivity index (χ0n) is 26.7. The van der Waals surface area contributed by atoms with Crippen molar-refractivity contribution in [2.75, 3.05) is 7.11 Å². The molecule has 3 aromatic carbocycles. The summed E-state index contributed by atoms with van der Waals surface area (Å²) in [4.78, 5) is 25.8. The number of amides is 1. The molecule has 0 saturated carbocycles. The number of rotatable bonds is 13. The molecule has 0 aliphatic heterocycles. The van der Waals surface area contributed by atoms with Crippen LogP contribution in [-0.4, -0.2) is 35.4 Å². The lowest BCUT2D eigenvalue weighted by molar-refractivity contribution is -0.734. The maximum absolute atomic E-state index is 13.0. The summed E-state index contributed by atoms with van der Waals surface area (Å²) in [6.45, 7) is 8.35. The van der Waals surface area contributed by atoms with Crippen LogP contribution in [0, 0.1) is 0 Å². The maximum atomic E-state index is 13.0. The van der Waals surface area contributed by atoms with Crippen molar-refractivity contribution < 1.29 is 23.6 Å². The molecular weight excluding hydrogens is 550 g/mol. The second-order valence-corrected chi connectivity index (χ2v) is 12.1. The maximum Gasteiger partial charge on any atom is 0.408 e. The zero-order chi connectivity index (χ0) is 31.6. The molecule has 7 nitrogen and oxygen atoms in total. The number of nitrogens with zero attached hydrogens (tertiary/aromatic N) is 2. The van der Waals surface area contributed by atoms with Crippen LogP contribution < -0.4 is 9.88 Å². The molecule has 1 N–H and O–H groups in total. The molecule has 0 aliphatic carbocycles. The number of methoxy groups -OCH3 is 1. The Bertz CT molecular complexity index is 1380. The summed E-state index contributed by atoms with van der Waals surface area (Å²) in [5.41, 5.74) is 2.82. The molecule has 232 valence electrons. The largest absolute Gasteiger partial charge is 0.467 e. The van der Waals surface area contributed by atoms with Crippen LogP contribution >= 0.6 is 0 Å². The van der Waals surface area contributed by atoms with Crippen LogP contribution in [0.1, 0.15) is 75.8 Å². The Morgan fingerprint density at radius 1 is 0.818 bits per heavy atom. The number of esters is 1. The van der Waals surface area contributed by atoms with E-state index >= 15 is 0 Å². The number of aromatic nitrogens is 2. The van der Waals surface area contributed by atoms with Gasteiger partial charge in [0.05, 0.1) is 13.7 Å². The average molecular weight is 597 g/mol. The van der Waals surface area contributed by atoms with Crippen molar-refractivity contribution in [3.8, 4) is 0 Å². The standard InChI is InChI=1S/C37H45N3O4/c1-6-7-8-18-25-39-28-40(27-32(39)26-33(34(41)43-5)38-35(42)44-36(2,3)4)37(29-19-12-9-13-20-29,30-21-14-10-15-22-30)31-23-16-11-17-24-31/h9-17,19-24,27-28,33H,6-8,18,25-26H2,1-5H3/p+1/t33-/m0/s1. The minimum absolute atomic E-state index is 0.237. The van der Waals surface area contributed by atoms with Crippen LogP contribution in [0.2, 0.25) is 0 Å². The quantitative estimate of drug-likeness (QED) is 0.0797.